The quantitative estimate of drug-likeness (QED) is 0.689. The van der Waals surface area contributed by atoms with E-state index in [1.165, 1.54) is 0 Å². The van der Waals surface area contributed by atoms with Crippen molar-refractivity contribution < 1.29 is 19.2 Å². The normalized spacial score (nSPS) is 18.3. The standard InChI is InChI=1S/C20H27N3O4/c1-20(2,3)12-23-15(9-10-16(23)24)19(27)22-14(17(25)18(21)26)11-13-7-5-4-6-8-13/h4-8,14-15H,9-12H2,1-3H3,(H2,21,26)(H,22,27)/t14?,15-/m1/s1. The van der Waals surface area contributed by atoms with Gasteiger partial charge in [-0.25, -0.2) is 0 Å². The van der Waals surface area contributed by atoms with E-state index in [9.17, 15) is 19.2 Å². The fraction of sp³-hybridized carbons (Fsp3) is 0.500. The summed E-state index contributed by atoms with van der Waals surface area (Å²) in [6.45, 7) is 6.41. The molecule has 1 aromatic rings. The van der Waals surface area contributed by atoms with E-state index in [1.807, 2.05) is 39.0 Å². The maximum Gasteiger partial charge on any atom is 0.287 e. The molecule has 1 aliphatic rings. The largest absolute Gasteiger partial charge is 0.363 e. The second kappa shape index (κ2) is 8.33. The number of nitrogens with one attached hydrogen (secondary N) is 1. The van der Waals surface area contributed by atoms with Gasteiger partial charge < -0.3 is 16.0 Å². The molecule has 7 heteroatoms. The van der Waals surface area contributed by atoms with Gasteiger partial charge in [0.15, 0.2) is 0 Å². The Balaban J connectivity index is 2.15. The summed E-state index contributed by atoms with van der Waals surface area (Å²) in [5.74, 6) is -2.45. The molecule has 2 atom stereocenters. The van der Waals surface area contributed by atoms with Crippen LogP contribution in [0.3, 0.4) is 0 Å². The lowest BCUT2D eigenvalue weighted by Crippen LogP contribution is -2.54. The maximum atomic E-state index is 12.8. The van der Waals surface area contributed by atoms with Crippen molar-refractivity contribution in [2.45, 2.75) is 52.1 Å². The van der Waals surface area contributed by atoms with E-state index < -0.39 is 29.7 Å². The van der Waals surface area contributed by atoms with Crippen LogP contribution in [0.15, 0.2) is 30.3 Å². The molecule has 0 aromatic heterocycles. The van der Waals surface area contributed by atoms with Crippen LogP contribution in [0, 0.1) is 5.41 Å². The van der Waals surface area contributed by atoms with Crippen molar-refractivity contribution in [3.63, 3.8) is 0 Å². The zero-order valence-electron chi connectivity index (χ0n) is 16.0. The summed E-state index contributed by atoms with van der Waals surface area (Å²) in [7, 11) is 0. The van der Waals surface area contributed by atoms with Gasteiger partial charge in [-0.1, -0.05) is 51.1 Å². The first-order valence-electron chi connectivity index (χ1n) is 9.06. The number of hydrogen-bond acceptors (Lipinski definition) is 4. The van der Waals surface area contributed by atoms with Gasteiger partial charge >= 0.3 is 0 Å². The van der Waals surface area contributed by atoms with Crippen LogP contribution in [0.4, 0.5) is 0 Å². The van der Waals surface area contributed by atoms with Crippen molar-refractivity contribution in [1.29, 1.82) is 0 Å². The highest BCUT2D eigenvalue weighted by Crippen LogP contribution is 2.25. The Morgan fingerprint density at radius 3 is 2.41 bits per heavy atom. The van der Waals surface area contributed by atoms with Gasteiger partial charge in [-0.2, -0.15) is 0 Å². The predicted octanol–water partition coefficient (Wildman–Crippen LogP) is 0.805. The summed E-state index contributed by atoms with van der Waals surface area (Å²) in [5, 5.41) is 2.64. The third-order valence-corrected chi connectivity index (χ3v) is 4.43. The second-order valence-corrected chi connectivity index (χ2v) is 8.12. The Kier molecular flexibility index (Phi) is 6.36. The number of nitrogens with two attached hydrogens (primary N) is 1. The van der Waals surface area contributed by atoms with E-state index >= 15 is 0 Å². The van der Waals surface area contributed by atoms with Crippen LogP contribution >= 0.6 is 0 Å². The van der Waals surface area contributed by atoms with Crippen LogP contribution in [-0.2, 0) is 25.6 Å². The fourth-order valence-corrected chi connectivity index (χ4v) is 3.21. The SMILES string of the molecule is CC(C)(C)CN1C(=O)CC[C@@H]1C(=O)NC(Cc1ccccc1)C(=O)C(N)=O. The molecule has 146 valence electrons. The highest BCUT2D eigenvalue weighted by atomic mass is 16.2. The molecule has 1 fully saturated rings. The minimum atomic E-state index is -1.09. The van der Waals surface area contributed by atoms with Crippen molar-refractivity contribution in [1.82, 2.24) is 10.2 Å². The first-order chi connectivity index (χ1) is 12.6. The molecule has 0 spiro atoms. The third kappa shape index (κ3) is 5.64. The molecule has 1 saturated heterocycles. The van der Waals surface area contributed by atoms with Crippen LogP contribution in [0.5, 0.6) is 0 Å². The number of amides is 3. The first kappa shape index (κ1) is 20.6. The summed E-state index contributed by atoms with van der Waals surface area (Å²) >= 11 is 0. The van der Waals surface area contributed by atoms with Crippen molar-refractivity contribution >= 4 is 23.5 Å². The number of likely N-dealkylation sites (tertiary alicyclic amines) is 1. The van der Waals surface area contributed by atoms with E-state index in [0.717, 1.165) is 5.56 Å². The number of Topliss-reactive ketones (excluding diaryl/α,β-unsaturated/α-hetero) is 1. The molecule has 2 rings (SSSR count). The molecule has 0 saturated carbocycles. The number of rotatable bonds is 7. The monoisotopic (exact) mass is 373 g/mol. The second-order valence-electron chi connectivity index (χ2n) is 8.12. The molecule has 1 heterocycles. The van der Waals surface area contributed by atoms with Crippen molar-refractivity contribution in [3.05, 3.63) is 35.9 Å². The molecule has 1 aromatic carbocycles. The average molecular weight is 373 g/mol. The smallest absolute Gasteiger partial charge is 0.287 e. The van der Waals surface area contributed by atoms with E-state index in [4.69, 9.17) is 5.73 Å². The predicted molar refractivity (Wildman–Crippen MR) is 100 cm³/mol. The maximum absolute atomic E-state index is 12.8. The number of carbonyl (C=O) groups is 4. The van der Waals surface area contributed by atoms with E-state index in [-0.39, 0.29) is 17.7 Å². The lowest BCUT2D eigenvalue weighted by Gasteiger charge is -2.31. The zero-order chi connectivity index (χ0) is 20.2. The molecule has 1 aliphatic heterocycles. The molecule has 3 amide bonds. The molecule has 1 unspecified atom stereocenters. The van der Waals surface area contributed by atoms with Crippen LogP contribution < -0.4 is 11.1 Å². The zero-order valence-corrected chi connectivity index (χ0v) is 16.0. The van der Waals surface area contributed by atoms with E-state index in [0.29, 0.717) is 19.4 Å². The van der Waals surface area contributed by atoms with Crippen LogP contribution in [0.1, 0.15) is 39.2 Å². The minimum absolute atomic E-state index is 0.0779. The van der Waals surface area contributed by atoms with Gasteiger partial charge in [0.1, 0.15) is 12.1 Å². The highest BCUT2D eigenvalue weighted by molar-refractivity contribution is 6.37. The number of primary amides is 1. The summed E-state index contributed by atoms with van der Waals surface area (Å²) in [6.07, 6.45) is 0.846. The Morgan fingerprint density at radius 2 is 1.85 bits per heavy atom. The third-order valence-electron chi connectivity index (χ3n) is 4.43. The first-order valence-corrected chi connectivity index (χ1v) is 9.06. The van der Waals surface area contributed by atoms with Gasteiger partial charge in [0, 0.05) is 19.4 Å². The van der Waals surface area contributed by atoms with Crippen LogP contribution in [0.2, 0.25) is 0 Å². The fourth-order valence-electron chi connectivity index (χ4n) is 3.21. The Bertz CT molecular complexity index is 724. The van der Waals surface area contributed by atoms with Gasteiger partial charge in [-0.3, -0.25) is 19.2 Å². The van der Waals surface area contributed by atoms with Gasteiger partial charge in [0.05, 0.1) is 0 Å². The summed E-state index contributed by atoms with van der Waals surface area (Å²) in [5.41, 5.74) is 5.78. The van der Waals surface area contributed by atoms with Gasteiger partial charge in [-0.15, -0.1) is 0 Å². The lowest BCUT2D eigenvalue weighted by molar-refractivity contribution is -0.140. The number of nitrogens with zero attached hydrogens (tertiary/aromatic N) is 1. The summed E-state index contributed by atoms with van der Waals surface area (Å²) in [6, 6.07) is 7.37. The molecular weight excluding hydrogens is 346 g/mol. The van der Waals surface area contributed by atoms with E-state index in [2.05, 4.69) is 5.32 Å². The van der Waals surface area contributed by atoms with E-state index in [1.54, 1.807) is 17.0 Å². The number of hydrogen-bond donors (Lipinski definition) is 2. The van der Waals surface area contributed by atoms with Crippen molar-refractivity contribution in [2.75, 3.05) is 6.54 Å². The topological polar surface area (TPSA) is 110 Å². The Labute approximate surface area is 159 Å². The highest BCUT2D eigenvalue weighted by Gasteiger charge is 2.39. The Hall–Kier alpha value is -2.70. The van der Waals surface area contributed by atoms with Crippen molar-refractivity contribution in [2.24, 2.45) is 11.1 Å². The average Bonchev–Trinajstić information content (AvgIpc) is 2.93. The van der Waals surface area contributed by atoms with Gasteiger partial charge in [0.25, 0.3) is 5.91 Å². The van der Waals surface area contributed by atoms with Crippen molar-refractivity contribution in [3.8, 4) is 0 Å². The number of benzene rings is 1. The molecular formula is C20H27N3O4. The summed E-state index contributed by atoms with van der Waals surface area (Å²) < 4.78 is 0. The van der Waals surface area contributed by atoms with Crippen LogP contribution in [-0.4, -0.2) is 47.0 Å². The van der Waals surface area contributed by atoms with Crippen LogP contribution in [0.25, 0.3) is 0 Å². The lowest BCUT2D eigenvalue weighted by atomic mass is 9.95. The number of carbonyl (C=O) groups excluding carboxylic acids is 4. The molecule has 0 bridgehead atoms. The molecule has 0 radical (unpaired) electrons. The van der Waals surface area contributed by atoms with Gasteiger partial charge in [-0.05, 0) is 17.4 Å². The molecule has 7 nitrogen and oxygen atoms in total. The summed E-state index contributed by atoms with van der Waals surface area (Å²) in [4.78, 5) is 50.2. The Morgan fingerprint density at radius 1 is 1.22 bits per heavy atom. The minimum Gasteiger partial charge on any atom is -0.363 e. The molecule has 27 heavy (non-hydrogen) atoms. The van der Waals surface area contributed by atoms with Gasteiger partial charge in [0.2, 0.25) is 17.6 Å². The molecule has 0 aliphatic carbocycles. The molecule has 3 N–H and O–H groups in total. The number of ketones is 1.